The summed E-state index contributed by atoms with van der Waals surface area (Å²) in [5, 5.41) is 5.61. The molecule has 36 heavy (non-hydrogen) atoms. The van der Waals surface area contributed by atoms with Gasteiger partial charge in [-0.15, -0.1) is 0 Å². The molecule has 0 radical (unpaired) electrons. The van der Waals surface area contributed by atoms with E-state index in [4.69, 9.17) is 11.6 Å². The number of halogens is 4. The van der Waals surface area contributed by atoms with Crippen molar-refractivity contribution in [2.24, 2.45) is 0 Å². The number of nitrogens with zero attached hydrogens (tertiary/aromatic N) is 1. The summed E-state index contributed by atoms with van der Waals surface area (Å²) in [7, 11) is 3.75. The number of pyridine rings is 1. The minimum Gasteiger partial charge on any atom is -0.369 e. The second-order valence-corrected chi connectivity index (χ2v) is 9.47. The van der Waals surface area contributed by atoms with E-state index in [1.54, 1.807) is 0 Å². The second-order valence-electron chi connectivity index (χ2n) is 9.03. The van der Waals surface area contributed by atoms with Crippen LogP contribution in [-0.2, 0) is 12.7 Å². The fraction of sp³-hybridized carbons (Fsp3) is 0.538. The predicted octanol–water partition coefficient (Wildman–Crippen LogP) is 5.59. The summed E-state index contributed by atoms with van der Waals surface area (Å²) >= 11 is 6.34. The zero-order valence-electron chi connectivity index (χ0n) is 21.5. The first-order valence-corrected chi connectivity index (χ1v) is 12.6. The van der Waals surface area contributed by atoms with E-state index in [9.17, 15) is 22.8 Å². The van der Waals surface area contributed by atoms with Crippen molar-refractivity contribution in [1.82, 2.24) is 15.6 Å². The van der Waals surface area contributed by atoms with E-state index in [0.717, 1.165) is 44.0 Å². The Morgan fingerprint density at radius 3 is 2.31 bits per heavy atom. The number of carbonyl (C=O) groups is 1. The molecule has 0 unspecified atom stereocenters. The third-order valence-corrected chi connectivity index (χ3v) is 6.48. The number of hydrogen-bond donors (Lipinski definition) is 3. The highest BCUT2D eigenvalue weighted by Crippen LogP contribution is 2.34. The molecule has 1 aromatic heterocycles. The van der Waals surface area contributed by atoms with Gasteiger partial charge in [0.25, 0.3) is 11.5 Å². The van der Waals surface area contributed by atoms with Gasteiger partial charge in [0.1, 0.15) is 0 Å². The number of nitrogens with one attached hydrogen (secondary N) is 3. The lowest BCUT2D eigenvalue weighted by atomic mass is 9.93. The fourth-order valence-electron chi connectivity index (χ4n) is 4.63. The number of aromatic nitrogens is 1. The number of anilines is 1. The van der Waals surface area contributed by atoms with Crippen LogP contribution in [0.25, 0.3) is 0 Å². The third-order valence-electron chi connectivity index (χ3n) is 6.26. The van der Waals surface area contributed by atoms with E-state index < -0.39 is 35.3 Å². The molecule has 3 rings (SSSR count). The molecule has 1 heterocycles. The highest BCUT2D eigenvalue weighted by atomic mass is 35.5. The Labute approximate surface area is 215 Å². The number of carbonyl (C=O) groups excluding carboxylic acids is 1. The summed E-state index contributed by atoms with van der Waals surface area (Å²) in [6.07, 6.45) is 0.950. The standard InChI is InChI=1S/C24H29ClF3N3O2.C2H7N/c1-4-31(17-8-6-5-7-9-17)21-12-16(25)11-18(15(21)3)22(32)29-13-19-20(24(26,27)28)10-14(2)30-23(19)33;1-3-2/h10-12,17H,4-9,13H2,1-3H3,(H,29,32)(H,30,33);3H,1-2H3. The van der Waals surface area contributed by atoms with Crippen molar-refractivity contribution in [3.8, 4) is 0 Å². The van der Waals surface area contributed by atoms with E-state index >= 15 is 0 Å². The molecule has 2 aromatic rings. The van der Waals surface area contributed by atoms with Crippen molar-refractivity contribution in [1.29, 1.82) is 0 Å². The fourth-order valence-corrected chi connectivity index (χ4v) is 4.84. The van der Waals surface area contributed by atoms with Crippen LogP contribution < -0.4 is 21.1 Å². The maximum Gasteiger partial charge on any atom is 0.417 e. The minimum atomic E-state index is -4.71. The van der Waals surface area contributed by atoms with E-state index in [0.29, 0.717) is 16.6 Å². The molecule has 1 aliphatic rings. The molecule has 10 heteroatoms. The molecule has 1 aliphatic carbocycles. The topological polar surface area (TPSA) is 77.2 Å². The van der Waals surface area contributed by atoms with Crippen LogP contribution in [0.3, 0.4) is 0 Å². The molecule has 0 bridgehead atoms. The summed E-state index contributed by atoms with van der Waals surface area (Å²) in [5.74, 6) is -0.580. The molecule has 3 N–H and O–H groups in total. The van der Waals surface area contributed by atoms with Gasteiger partial charge in [0, 0.05) is 46.7 Å². The van der Waals surface area contributed by atoms with Crippen molar-refractivity contribution in [2.45, 2.75) is 71.6 Å². The Morgan fingerprint density at radius 2 is 1.75 bits per heavy atom. The van der Waals surface area contributed by atoms with E-state index in [1.807, 2.05) is 27.1 Å². The van der Waals surface area contributed by atoms with Gasteiger partial charge >= 0.3 is 6.18 Å². The van der Waals surface area contributed by atoms with Crippen LogP contribution in [0.4, 0.5) is 18.9 Å². The molecule has 0 aliphatic heterocycles. The number of aromatic amines is 1. The summed E-state index contributed by atoms with van der Waals surface area (Å²) < 4.78 is 40.3. The van der Waals surface area contributed by atoms with Crippen molar-refractivity contribution in [3.63, 3.8) is 0 Å². The first-order chi connectivity index (χ1) is 16.9. The van der Waals surface area contributed by atoms with Gasteiger partial charge in [0.2, 0.25) is 0 Å². The highest BCUT2D eigenvalue weighted by molar-refractivity contribution is 6.31. The molecular formula is C26H36ClF3N4O2. The lowest BCUT2D eigenvalue weighted by molar-refractivity contribution is -0.138. The lowest BCUT2D eigenvalue weighted by Crippen LogP contribution is -2.37. The highest BCUT2D eigenvalue weighted by Gasteiger charge is 2.35. The quantitative estimate of drug-likeness (QED) is 0.457. The monoisotopic (exact) mass is 528 g/mol. The second kappa shape index (κ2) is 13.1. The van der Waals surface area contributed by atoms with E-state index in [-0.39, 0.29) is 11.3 Å². The summed E-state index contributed by atoms with van der Waals surface area (Å²) in [6.45, 7) is 5.44. The average Bonchev–Trinajstić information content (AvgIpc) is 2.81. The van der Waals surface area contributed by atoms with Gasteiger partial charge in [-0.1, -0.05) is 30.9 Å². The van der Waals surface area contributed by atoms with Crippen molar-refractivity contribution >= 4 is 23.2 Å². The van der Waals surface area contributed by atoms with Crippen molar-refractivity contribution in [2.75, 3.05) is 25.5 Å². The Hall–Kier alpha value is -2.52. The maximum atomic E-state index is 13.4. The number of H-pyrrole nitrogens is 1. The van der Waals surface area contributed by atoms with Crippen LogP contribution in [-0.4, -0.2) is 37.6 Å². The van der Waals surface area contributed by atoms with Crippen LogP contribution in [0.1, 0.15) is 71.8 Å². The maximum absolute atomic E-state index is 13.4. The Kier molecular flexibility index (Phi) is 10.8. The van der Waals surface area contributed by atoms with E-state index in [2.05, 4.69) is 27.4 Å². The van der Waals surface area contributed by atoms with Crippen LogP contribution in [0.15, 0.2) is 23.0 Å². The summed E-state index contributed by atoms with van der Waals surface area (Å²) in [5.41, 5.74) is -0.519. The number of hydrogen-bond acceptors (Lipinski definition) is 4. The van der Waals surface area contributed by atoms with Gasteiger partial charge < -0.3 is 20.5 Å². The largest absolute Gasteiger partial charge is 0.417 e. The van der Waals surface area contributed by atoms with Gasteiger partial charge in [0.15, 0.2) is 0 Å². The van der Waals surface area contributed by atoms with Crippen LogP contribution in [0.5, 0.6) is 0 Å². The smallest absolute Gasteiger partial charge is 0.369 e. The Balaban J connectivity index is 0.00000145. The molecule has 0 spiro atoms. The number of alkyl halides is 3. The first kappa shape index (κ1) is 29.7. The number of aryl methyl sites for hydroxylation is 1. The van der Waals surface area contributed by atoms with Gasteiger partial charge in [-0.2, -0.15) is 13.2 Å². The van der Waals surface area contributed by atoms with Gasteiger partial charge in [0.05, 0.1) is 5.56 Å². The third kappa shape index (κ3) is 7.49. The SMILES string of the molecule is CCN(c1cc(Cl)cc(C(=O)NCc2c(C(F)(F)F)cc(C)[nH]c2=O)c1C)C1CCCCC1.CNC. The molecule has 1 saturated carbocycles. The van der Waals surface area contributed by atoms with Crippen molar-refractivity contribution in [3.05, 3.63) is 61.5 Å². The number of rotatable bonds is 6. The molecule has 0 atom stereocenters. The molecule has 200 valence electrons. The molecule has 6 nitrogen and oxygen atoms in total. The van der Waals surface area contributed by atoms with Crippen LogP contribution in [0.2, 0.25) is 5.02 Å². The number of benzene rings is 1. The molecule has 0 saturated heterocycles. The van der Waals surface area contributed by atoms with E-state index in [1.165, 1.54) is 19.4 Å². The Morgan fingerprint density at radius 1 is 1.14 bits per heavy atom. The van der Waals surface area contributed by atoms with Gasteiger partial charge in [-0.25, -0.2) is 0 Å². The zero-order valence-corrected chi connectivity index (χ0v) is 22.3. The first-order valence-electron chi connectivity index (χ1n) is 12.2. The average molecular weight is 529 g/mol. The van der Waals surface area contributed by atoms with Gasteiger partial charge in [-0.3, -0.25) is 9.59 Å². The number of amides is 1. The minimum absolute atomic E-state index is 0.0973. The predicted molar refractivity (Wildman–Crippen MR) is 139 cm³/mol. The molecular weight excluding hydrogens is 493 g/mol. The summed E-state index contributed by atoms with van der Waals surface area (Å²) in [4.78, 5) is 29.8. The molecule has 1 amide bonds. The van der Waals surface area contributed by atoms with Crippen LogP contribution >= 0.6 is 11.6 Å². The normalized spacial score (nSPS) is 14.1. The zero-order chi connectivity index (χ0) is 27.0. The van der Waals surface area contributed by atoms with Crippen molar-refractivity contribution < 1.29 is 18.0 Å². The molecule has 1 fully saturated rings. The van der Waals surface area contributed by atoms with Gasteiger partial charge in [-0.05, 0) is 71.5 Å². The lowest BCUT2D eigenvalue weighted by Gasteiger charge is -2.36. The summed E-state index contributed by atoms with van der Waals surface area (Å²) in [6, 6.07) is 4.57. The molecule has 1 aromatic carbocycles. The van der Waals surface area contributed by atoms with Crippen LogP contribution in [0, 0.1) is 13.8 Å². The Bertz CT molecular complexity index is 1100.